The summed E-state index contributed by atoms with van der Waals surface area (Å²) in [6, 6.07) is 6.80. The summed E-state index contributed by atoms with van der Waals surface area (Å²) in [5, 5.41) is 6.13. The smallest absolute Gasteiger partial charge is 0.351 e. The number of H-pyrrole nitrogens is 1. The molecule has 24 heavy (non-hydrogen) atoms. The van der Waals surface area contributed by atoms with E-state index in [9.17, 15) is 18.4 Å². The van der Waals surface area contributed by atoms with Crippen LogP contribution in [0.15, 0.2) is 39.6 Å². The Balaban J connectivity index is 1.62. The second kappa shape index (κ2) is 6.75. The summed E-state index contributed by atoms with van der Waals surface area (Å²) in [7, 11) is 0. The Morgan fingerprint density at radius 1 is 1.25 bits per heavy atom. The van der Waals surface area contributed by atoms with E-state index in [1.165, 1.54) is 18.2 Å². The largest absolute Gasteiger partial charge is 0.439 e. The molecule has 0 bridgehead atoms. The molecule has 1 aromatic carbocycles. The minimum atomic E-state index is -0.684. The van der Waals surface area contributed by atoms with Gasteiger partial charge in [-0.1, -0.05) is 11.2 Å². The number of nitrogens with one attached hydrogen (secondary N) is 2. The fraction of sp³-hybridized carbons (Fsp3) is 0.133. The maximum absolute atomic E-state index is 13.5. The molecule has 0 unspecified atom stereocenters. The van der Waals surface area contributed by atoms with E-state index >= 15 is 0 Å². The van der Waals surface area contributed by atoms with Crippen LogP contribution in [0, 0.1) is 11.6 Å². The number of halogens is 2. The summed E-state index contributed by atoms with van der Waals surface area (Å²) < 4.78 is 31.4. The lowest BCUT2D eigenvalue weighted by Crippen LogP contribution is -2.25. The van der Waals surface area contributed by atoms with Gasteiger partial charge in [-0.05, 0) is 30.7 Å². The van der Waals surface area contributed by atoms with Crippen LogP contribution >= 0.6 is 11.3 Å². The van der Waals surface area contributed by atoms with Crippen molar-refractivity contribution in [1.29, 1.82) is 0 Å². The van der Waals surface area contributed by atoms with Gasteiger partial charge in [-0.25, -0.2) is 13.6 Å². The van der Waals surface area contributed by atoms with Gasteiger partial charge in [0, 0.05) is 12.1 Å². The van der Waals surface area contributed by atoms with Gasteiger partial charge in [0.15, 0.2) is 5.82 Å². The van der Waals surface area contributed by atoms with E-state index in [0.717, 1.165) is 11.3 Å². The summed E-state index contributed by atoms with van der Waals surface area (Å²) in [5.74, 6) is -2.11. The second-order valence-corrected chi connectivity index (χ2v) is 5.90. The highest BCUT2D eigenvalue weighted by atomic mass is 32.1. The molecule has 3 rings (SSSR count). The van der Waals surface area contributed by atoms with E-state index in [4.69, 9.17) is 0 Å². The number of rotatable bonds is 5. The number of amides is 1. The zero-order valence-corrected chi connectivity index (χ0v) is 13.0. The van der Waals surface area contributed by atoms with Crippen LogP contribution in [0.1, 0.15) is 15.2 Å². The molecule has 9 heteroatoms. The average Bonchev–Trinajstić information content (AvgIpc) is 3.19. The fourth-order valence-corrected chi connectivity index (χ4v) is 2.94. The van der Waals surface area contributed by atoms with Crippen molar-refractivity contribution in [1.82, 2.24) is 15.5 Å². The summed E-state index contributed by atoms with van der Waals surface area (Å²) in [4.78, 5) is 26.3. The maximum Gasteiger partial charge on any atom is 0.439 e. The number of hydrogen-bond acceptors (Lipinski definition) is 5. The van der Waals surface area contributed by atoms with Gasteiger partial charge in [0.2, 0.25) is 0 Å². The molecule has 0 fully saturated rings. The van der Waals surface area contributed by atoms with Gasteiger partial charge in [0.25, 0.3) is 5.91 Å². The molecule has 0 aliphatic heterocycles. The highest BCUT2D eigenvalue weighted by molar-refractivity contribution is 7.17. The van der Waals surface area contributed by atoms with E-state index in [1.54, 1.807) is 12.1 Å². The van der Waals surface area contributed by atoms with Crippen LogP contribution in [0.2, 0.25) is 0 Å². The first-order valence-electron chi connectivity index (χ1n) is 6.92. The van der Waals surface area contributed by atoms with Gasteiger partial charge in [0.05, 0.1) is 9.75 Å². The minimum absolute atomic E-state index is 0.0408. The number of carbonyl (C=O) groups is 1. The third-order valence-electron chi connectivity index (χ3n) is 3.23. The molecule has 0 radical (unpaired) electrons. The SMILES string of the molecule is O=C(NCCc1c(F)cccc1F)c1ccc(-c2noc(=O)[nH]2)s1. The Kier molecular flexibility index (Phi) is 4.52. The molecule has 0 saturated carbocycles. The lowest BCUT2D eigenvalue weighted by atomic mass is 10.1. The van der Waals surface area contributed by atoms with Crippen molar-refractivity contribution in [3.8, 4) is 10.7 Å². The van der Waals surface area contributed by atoms with Gasteiger partial charge < -0.3 is 5.32 Å². The summed E-state index contributed by atoms with van der Waals surface area (Å²) in [5.41, 5.74) is -0.0650. The van der Waals surface area contributed by atoms with Crippen LogP contribution in [0.4, 0.5) is 8.78 Å². The van der Waals surface area contributed by atoms with Crippen molar-refractivity contribution in [2.75, 3.05) is 6.54 Å². The van der Waals surface area contributed by atoms with Gasteiger partial charge in [-0.3, -0.25) is 14.3 Å². The van der Waals surface area contributed by atoms with E-state index in [2.05, 4.69) is 20.0 Å². The van der Waals surface area contributed by atoms with Crippen molar-refractivity contribution in [3.63, 3.8) is 0 Å². The number of hydrogen-bond donors (Lipinski definition) is 2. The minimum Gasteiger partial charge on any atom is -0.351 e. The Morgan fingerprint density at radius 2 is 2.00 bits per heavy atom. The number of nitrogens with zero attached hydrogens (tertiary/aromatic N) is 1. The van der Waals surface area contributed by atoms with Gasteiger partial charge >= 0.3 is 5.76 Å². The molecule has 124 valence electrons. The third-order valence-corrected chi connectivity index (χ3v) is 4.32. The number of aromatic amines is 1. The number of aromatic nitrogens is 2. The van der Waals surface area contributed by atoms with Crippen molar-refractivity contribution >= 4 is 17.2 Å². The number of thiophene rings is 1. The molecule has 0 aliphatic carbocycles. The molecular weight excluding hydrogens is 340 g/mol. The molecule has 2 aromatic heterocycles. The topological polar surface area (TPSA) is 88.0 Å². The Labute approximate surface area is 138 Å². The summed E-state index contributed by atoms with van der Waals surface area (Å²) in [6.07, 6.45) is 0.0408. The average molecular weight is 351 g/mol. The zero-order chi connectivity index (χ0) is 17.1. The predicted octanol–water partition coefficient (Wildman–Crippen LogP) is 2.34. The van der Waals surface area contributed by atoms with Crippen LogP contribution in [0.25, 0.3) is 10.7 Å². The van der Waals surface area contributed by atoms with Crippen LogP contribution in [0.3, 0.4) is 0 Å². The fourth-order valence-electron chi connectivity index (χ4n) is 2.08. The molecule has 1 amide bonds. The maximum atomic E-state index is 13.5. The summed E-state index contributed by atoms with van der Waals surface area (Å²) >= 11 is 1.11. The van der Waals surface area contributed by atoms with Gasteiger partial charge in [-0.15, -0.1) is 11.3 Å². The first kappa shape index (κ1) is 16.1. The molecule has 0 atom stereocenters. The van der Waals surface area contributed by atoms with Crippen molar-refractivity contribution < 1.29 is 18.1 Å². The molecule has 0 spiro atoms. The van der Waals surface area contributed by atoms with E-state index in [1.807, 2.05) is 0 Å². The highest BCUT2D eigenvalue weighted by Gasteiger charge is 2.13. The van der Waals surface area contributed by atoms with Gasteiger partial charge in [-0.2, -0.15) is 0 Å². The molecular formula is C15H11F2N3O3S. The Morgan fingerprint density at radius 3 is 2.67 bits per heavy atom. The zero-order valence-electron chi connectivity index (χ0n) is 12.1. The van der Waals surface area contributed by atoms with Crippen LogP contribution in [-0.2, 0) is 6.42 Å². The summed E-state index contributed by atoms with van der Waals surface area (Å²) in [6.45, 7) is 0.0880. The molecule has 2 heterocycles. The molecule has 0 saturated heterocycles. The van der Waals surface area contributed by atoms with Crippen LogP contribution in [-0.4, -0.2) is 22.6 Å². The van der Waals surface area contributed by atoms with Crippen molar-refractivity contribution in [2.45, 2.75) is 6.42 Å². The molecule has 6 nitrogen and oxygen atoms in total. The quantitative estimate of drug-likeness (QED) is 0.739. The highest BCUT2D eigenvalue weighted by Crippen LogP contribution is 2.24. The van der Waals surface area contributed by atoms with E-state index in [0.29, 0.717) is 9.75 Å². The normalized spacial score (nSPS) is 10.8. The van der Waals surface area contributed by atoms with Crippen LogP contribution in [0.5, 0.6) is 0 Å². The first-order chi connectivity index (χ1) is 11.5. The van der Waals surface area contributed by atoms with Gasteiger partial charge in [0.1, 0.15) is 11.6 Å². The van der Waals surface area contributed by atoms with Crippen molar-refractivity contribution in [3.05, 3.63) is 63.0 Å². The molecule has 0 aliphatic rings. The number of carbonyl (C=O) groups excluding carboxylic acids is 1. The third kappa shape index (κ3) is 3.40. The monoisotopic (exact) mass is 351 g/mol. The standard InChI is InChI=1S/C15H11F2N3O3S/c16-9-2-1-3-10(17)8(9)6-7-18-14(21)12-5-4-11(24-12)13-19-15(22)23-20-13/h1-5H,6-7H2,(H,18,21)(H,19,20,22). The van der Waals surface area contributed by atoms with Crippen LogP contribution < -0.4 is 11.1 Å². The number of benzene rings is 1. The lowest BCUT2D eigenvalue weighted by Gasteiger charge is -2.06. The Bertz CT molecular complexity index is 912. The molecule has 2 N–H and O–H groups in total. The first-order valence-corrected chi connectivity index (χ1v) is 7.73. The lowest BCUT2D eigenvalue weighted by molar-refractivity contribution is 0.0958. The van der Waals surface area contributed by atoms with Crippen molar-refractivity contribution in [2.24, 2.45) is 0 Å². The Hall–Kier alpha value is -2.81. The molecule has 3 aromatic rings. The predicted molar refractivity (Wildman–Crippen MR) is 82.8 cm³/mol. The van der Waals surface area contributed by atoms with E-state index in [-0.39, 0.29) is 30.3 Å². The second-order valence-electron chi connectivity index (χ2n) is 4.81. The van der Waals surface area contributed by atoms with E-state index < -0.39 is 17.4 Å².